The molecule has 3 aromatic rings. The minimum Gasteiger partial charge on any atom is -0.314 e. The van der Waals surface area contributed by atoms with Gasteiger partial charge in [0.2, 0.25) is 6.41 Å². The van der Waals surface area contributed by atoms with Crippen LogP contribution in [-0.4, -0.2) is 29.5 Å². The Hall–Kier alpha value is -2.51. The summed E-state index contributed by atoms with van der Waals surface area (Å²) in [5, 5.41) is 1.91. The second-order valence-electron chi connectivity index (χ2n) is 6.11. The van der Waals surface area contributed by atoms with Crippen LogP contribution in [0.3, 0.4) is 0 Å². The fraction of sp³-hybridized carbons (Fsp3) is 0.150. The van der Waals surface area contributed by atoms with Crippen molar-refractivity contribution in [1.29, 1.82) is 0 Å². The van der Waals surface area contributed by atoms with Gasteiger partial charge in [0.25, 0.3) is 0 Å². The molecule has 1 aromatic heterocycles. The van der Waals surface area contributed by atoms with Gasteiger partial charge in [-0.15, -0.1) is 11.3 Å². The van der Waals surface area contributed by atoms with Gasteiger partial charge >= 0.3 is 0 Å². The summed E-state index contributed by atoms with van der Waals surface area (Å²) in [6.45, 7) is 0.663. The molecule has 0 radical (unpaired) electrons. The molecule has 0 atom stereocenters. The predicted molar refractivity (Wildman–Crippen MR) is 106 cm³/mol. The van der Waals surface area contributed by atoms with E-state index in [1.54, 1.807) is 23.1 Å². The molecule has 7 heteroatoms. The van der Waals surface area contributed by atoms with E-state index in [9.17, 15) is 14.0 Å². The number of anilines is 1. The summed E-state index contributed by atoms with van der Waals surface area (Å²) in [5.41, 5.74) is 4.21. The van der Waals surface area contributed by atoms with Crippen LogP contribution in [0, 0.1) is 5.82 Å². The molecule has 0 N–H and O–H groups in total. The van der Waals surface area contributed by atoms with Crippen molar-refractivity contribution in [2.75, 3.05) is 17.2 Å². The Morgan fingerprint density at radius 1 is 1.26 bits per heavy atom. The fourth-order valence-electron chi connectivity index (χ4n) is 3.00. The van der Waals surface area contributed by atoms with Gasteiger partial charge in [-0.05, 0) is 54.4 Å². The van der Waals surface area contributed by atoms with Crippen molar-refractivity contribution < 1.29 is 14.0 Å². The van der Waals surface area contributed by atoms with E-state index in [1.807, 2.05) is 17.5 Å². The maximum absolute atomic E-state index is 13.0. The van der Waals surface area contributed by atoms with Crippen molar-refractivity contribution in [3.63, 3.8) is 0 Å². The van der Waals surface area contributed by atoms with Gasteiger partial charge in [0.05, 0.1) is 11.4 Å². The molecule has 4 rings (SSSR count). The van der Waals surface area contributed by atoms with Gasteiger partial charge in [-0.3, -0.25) is 9.59 Å². The summed E-state index contributed by atoms with van der Waals surface area (Å²) in [6, 6.07) is 11.7. The van der Waals surface area contributed by atoms with Gasteiger partial charge in [-0.2, -0.15) is 0 Å². The van der Waals surface area contributed by atoms with Crippen LogP contribution in [0.2, 0.25) is 0 Å². The van der Waals surface area contributed by atoms with Gasteiger partial charge < -0.3 is 4.90 Å². The number of hydrogen-bond acceptors (Lipinski definition) is 5. The molecule has 1 aliphatic rings. The van der Waals surface area contributed by atoms with E-state index in [1.165, 1.54) is 35.2 Å². The monoisotopic (exact) mass is 398 g/mol. The van der Waals surface area contributed by atoms with Crippen molar-refractivity contribution in [2.24, 2.45) is 0 Å². The lowest BCUT2D eigenvalue weighted by molar-refractivity contribution is -0.107. The normalized spacial score (nSPS) is 12.9. The minimum absolute atomic E-state index is 0.0332. The molecule has 27 heavy (non-hydrogen) atoms. The zero-order valence-corrected chi connectivity index (χ0v) is 15.9. The number of benzene rings is 2. The highest BCUT2D eigenvalue weighted by atomic mass is 32.2. The largest absolute Gasteiger partial charge is 0.314 e. The van der Waals surface area contributed by atoms with E-state index >= 15 is 0 Å². The van der Waals surface area contributed by atoms with Gasteiger partial charge in [-0.1, -0.05) is 11.8 Å². The standard InChI is InChI=1S/C20H15FN2O2S2/c21-16-4-1-13(2-5-16)17-10-26-20(22-17)27-11-19(25)15-3-6-18-14(9-15)7-8-23(18)12-24/h1-6,9-10,12H,7-8,11H2. The number of thiazole rings is 1. The summed E-state index contributed by atoms with van der Waals surface area (Å²) in [5.74, 6) is 0.0534. The van der Waals surface area contributed by atoms with Gasteiger partial charge in [-0.25, -0.2) is 9.37 Å². The van der Waals surface area contributed by atoms with E-state index in [-0.39, 0.29) is 11.6 Å². The summed E-state index contributed by atoms with van der Waals surface area (Å²) < 4.78 is 13.8. The Labute approximate surface area is 164 Å². The number of Topliss-reactive ketones (excluding diaryl/α,β-unsaturated/α-hetero) is 1. The smallest absolute Gasteiger partial charge is 0.214 e. The molecule has 0 aliphatic carbocycles. The third-order valence-corrected chi connectivity index (χ3v) is 6.43. The third-order valence-electron chi connectivity index (χ3n) is 4.41. The first-order valence-electron chi connectivity index (χ1n) is 8.36. The van der Waals surface area contributed by atoms with E-state index in [2.05, 4.69) is 4.98 Å². The van der Waals surface area contributed by atoms with Crippen molar-refractivity contribution in [3.8, 4) is 11.3 Å². The van der Waals surface area contributed by atoms with Crippen molar-refractivity contribution in [2.45, 2.75) is 10.8 Å². The molecule has 4 nitrogen and oxygen atoms in total. The van der Waals surface area contributed by atoms with Gasteiger partial charge in [0.15, 0.2) is 10.1 Å². The predicted octanol–water partition coefficient (Wildman–Crippen LogP) is 4.44. The van der Waals surface area contributed by atoms with E-state index in [4.69, 9.17) is 0 Å². The molecule has 0 fully saturated rings. The molecule has 136 valence electrons. The van der Waals surface area contributed by atoms with Crippen LogP contribution in [-0.2, 0) is 11.2 Å². The highest BCUT2D eigenvalue weighted by Gasteiger charge is 2.20. The first-order valence-corrected chi connectivity index (χ1v) is 10.2. The number of fused-ring (bicyclic) bond motifs is 1. The van der Waals surface area contributed by atoms with Crippen LogP contribution in [0.15, 0.2) is 52.2 Å². The van der Waals surface area contributed by atoms with Gasteiger partial charge in [0.1, 0.15) is 5.82 Å². The fourth-order valence-corrected chi connectivity index (χ4v) is 4.73. The maximum atomic E-state index is 13.0. The van der Waals surface area contributed by atoms with Crippen molar-refractivity contribution >= 4 is 41.0 Å². The zero-order chi connectivity index (χ0) is 18.8. The zero-order valence-electron chi connectivity index (χ0n) is 14.2. The second kappa shape index (κ2) is 7.62. The van der Waals surface area contributed by atoms with E-state index in [0.29, 0.717) is 17.9 Å². The van der Waals surface area contributed by atoms with Crippen LogP contribution in [0.5, 0.6) is 0 Å². The molecule has 0 saturated heterocycles. The second-order valence-corrected chi connectivity index (χ2v) is 8.19. The first kappa shape index (κ1) is 17.9. The Morgan fingerprint density at radius 3 is 2.85 bits per heavy atom. The van der Waals surface area contributed by atoms with Crippen LogP contribution in [0.1, 0.15) is 15.9 Å². The van der Waals surface area contributed by atoms with Crippen molar-refractivity contribution in [1.82, 2.24) is 4.98 Å². The molecule has 0 saturated carbocycles. The summed E-state index contributed by atoms with van der Waals surface area (Å²) >= 11 is 2.87. The molecule has 0 unspecified atom stereocenters. The molecular formula is C20H15FN2O2S2. The maximum Gasteiger partial charge on any atom is 0.214 e. The molecule has 2 aromatic carbocycles. The van der Waals surface area contributed by atoms with Crippen molar-refractivity contribution in [3.05, 3.63) is 64.8 Å². The van der Waals surface area contributed by atoms with Crippen LogP contribution < -0.4 is 4.90 Å². The quantitative estimate of drug-likeness (QED) is 0.350. The number of hydrogen-bond donors (Lipinski definition) is 0. The topological polar surface area (TPSA) is 50.3 Å². The SMILES string of the molecule is O=CN1CCc2cc(C(=O)CSc3nc(-c4ccc(F)cc4)cs3)ccc21. The average Bonchev–Trinajstić information content (AvgIpc) is 3.33. The Bertz CT molecular complexity index is 1000. The third kappa shape index (κ3) is 3.79. The average molecular weight is 398 g/mol. The molecular weight excluding hydrogens is 383 g/mol. The first-order chi connectivity index (χ1) is 13.1. The number of ketones is 1. The number of aromatic nitrogens is 1. The summed E-state index contributed by atoms with van der Waals surface area (Å²) in [4.78, 5) is 29.7. The van der Waals surface area contributed by atoms with E-state index < -0.39 is 0 Å². The number of carbonyl (C=O) groups is 2. The number of carbonyl (C=O) groups excluding carboxylic acids is 2. The van der Waals surface area contributed by atoms with E-state index in [0.717, 1.165) is 39.7 Å². The number of amides is 1. The Morgan fingerprint density at radius 2 is 2.07 bits per heavy atom. The van der Waals surface area contributed by atoms with Crippen LogP contribution >= 0.6 is 23.1 Å². The summed E-state index contributed by atoms with van der Waals surface area (Å²) in [7, 11) is 0. The molecule has 1 amide bonds. The molecule has 0 bridgehead atoms. The lowest BCUT2D eigenvalue weighted by Crippen LogP contribution is -2.17. The minimum atomic E-state index is -0.278. The molecule has 2 heterocycles. The lowest BCUT2D eigenvalue weighted by Gasteiger charge is -2.10. The number of nitrogens with zero attached hydrogens (tertiary/aromatic N) is 2. The molecule has 0 spiro atoms. The molecule has 1 aliphatic heterocycles. The summed E-state index contributed by atoms with van der Waals surface area (Å²) in [6.07, 6.45) is 1.60. The number of rotatable bonds is 6. The highest BCUT2D eigenvalue weighted by molar-refractivity contribution is 8.01. The van der Waals surface area contributed by atoms with Crippen LogP contribution in [0.4, 0.5) is 10.1 Å². The van der Waals surface area contributed by atoms with Gasteiger partial charge in [0, 0.05) is 28.7 Å². The highest BCUT2D eigenvalue weighted by Crippen LogP contribution is 2.30. The number of halogens is 1. The lowest BCUT2D eigenvalue weighted by atomic mass is 10.1. The Kier molecular flexibility index (Phi) is 5.05. The van der Waals surface area contributed by atoms with Crippen LogP contribution in [0.25, 0.3) is 11.3 Å². The Balaban J connectivity index is 1.41. The number of thioether (sulfide) groups is 1.